The maximum Gasteiger partial charge on any atom is 0.322 e. The van der Waals surface area contributed by atoms with E-state index in [1.54, 1.807) is 0 Å². The Labute approximate surface area is 107 Å². The molecular weight excluding hydrogens is 258 g/mol. The van der Waals surface area contributed by atoms with Gasteiger partial charge in [0, 0.05) is 19.0 Å². The Hall–Kier alpha value is -0.950. The summed E-state index contributed by atoms with van der Waals surface area (Å²) in [6.07, 6.45) is 2.54. The van der Waals surface area contributed by atoms with Gasteiger partial charge in [0.25, 0.3) is 0 Å². The van der Waals surface area contributed by atoms with Gasteiger partial charge in [-0.25, -0.2) is 8.42 Å². The van der Waals surface area contributed by atoms with Crippen LogP contribution in [-0.2, 0) is 24.3 Å². The molecule has 0 aromatic heterocycles. The Morgan fingerprint density at radius 1 is 1.33 bits per heavy atom. The maximum absolute atomic E-state index is 12.1. The molecule has 0 aliphatic carbocycles. The van der Waals surface area contributed by atoms with Crippen LogP contribution in [0.2, 0.25) is 0 Å². The van der Waals surface area contributed by atoms with Gasteiger partial charge in [0.05, 0.1) is 7.11 Å². The van der Waals surface area contributed by atoms with Crippen LogP contribution in [0, 0.1) is 0 Å². The minimum Gasteiger partial charge on any atom is -0.468 e. The van der Waals surface area contributed by atoms with E-state index in [1.807, 2.05) is 0 Å². The molecule has 1 atom stereocenters. The fraction of sp³-hybridized carbons (Fsp3) is 0.818. The molecule has 0 aromatic rings. The zero-order valence-electron chi connectivity index (χ0n) is 10.7. The second-order valence-electron chi connectivity index (χ2n) is 4.50. The molecule has 0 saturated carbocycles. The Kier molecular flexibility index (Phi) is 5.28. The lowest BCUT2D eigenvalue weighted by Gasteiger charge is -2.33. The van der Waals surface area contributed by atoms with Gasteiger partial charge < -0.3 is 4.74 Å². The van der Waals surface area contributed by atoms with Crippen LogP contribution in [0.1, 0.15) is 32.6 Å². The number of sulfonamides is 1. The van der Waals surface area contributed by atoms with Gasteiger partial charge in [0.1, 0.15) is 5.78 Å². The lowest BCUT2D eigenvalue weighted by atomic mass is 10.0. The van der Waals surface area contributed by atoms with Crippen LogP contribution in [0.25, 0.3) is 0 Å². The van der Waals surface area contributed by atoms with Crippen molar-refractivity contribution in [1.82, 2.24) is 4.31 Å². The molecule has 0 radical (unpaired) electrons. The number of hydrogen-bond acceptors (Lipinski definition) is 5. The van der Waals surface area contributed by atoms with Gasteiger partial charge in [-0.2, -0.15) is 4.31 Å². The molecule has 1 rings (SSSR count). The Bertz CT molecular complexity index is 417. The molecule has 6 nitrogen and oxygen atoms in total. The van der Waals surface area contributed by atoms with Crippen LogP contribution < -0.4 is 0 Å². The van der Waals surface area contributed by atoms with Crippen molar-refractivity contribution in [3.63, 3.8) is 0 Å². The molecular formula is C11H19NO5S. The van der Waals surface area contributed by atoms with Gasteiger partial charge in [0.15, 0.2) is 5.75 Å². The van der Waals surface area contributed by atoms with Crippen LogP contribution in [0.15, 0.2) is 0 Å². The normalized spacial score (nSPS) is 21.6. The van der Waals surface area contributed by atoms with Crippen LogP contribution in [0.4, 0.5) is 0 Å². The molecule has 18 heavy (non-hydrogen) atoms. The summed E-state index contributed by atoms with van der Waals surface area (Å²) in [6.45, 7) is 1.82. The van der Waals surface area contributed by atoms with Gasteiger partial charge in [-0.3, -0.25) is 9.59 Å². The van der Waals surface area contributed by atoms with Crippen molar-refractivity contribution in [2.24, 2.45) is 0 Å². The first-order chi connectivity index (χ1) is 8.36. The van der Waals surface area contributed by atoms with Gasteiger partial charge in [-0.05, 0) is 19.8 Å². The number of carbonyl (C=O) groups is 2. The molecule has 1 aliphatic heterocycles. The molecule has 104 valence electrons. The van der Waals surface area contributed by atoms with E-state index in [0.717, 1.165) is 20.0 Å². The van der Waals surface area contributed by atoms with E-state index in [2.05, 4.69) is 4.74 Å². The third-order valence-corrected chi connectivity index (χ3v) is 4.78. The summed E-state index contributed by atoms with van der Waals surface area (Å²) in [7, 11) is -2.53. The molecule has 1 saturated heterocycles. The lowest BCUT2D eigenvalue weighted by molar-refractivity contribution is -0.137. The van der Waals surface area contributed by atoms with Gasteiger partial charge in [-0.1, -0.05) is 6.42 Å². The standard InChI is InChI=1S/C11H19NO5S/c1-9(13)7-10-5-3-4-6-12(10)18(15,16)8-11(14)17-2/h10H,3-8H2,1-2H3. The molecule has 1 aliphatic rings. The molecule has 0 spiro atoms. The quantitative estimate of drug-likeness (QED) is 0.676. The van der Waals surface area contributed by atoms with Crippen molar-refractivity contribution >= 4 is 21.8 Å². The zero-order chi connectivity index (χ0) is 13.8. The van der Waals surface area contributed by atoms with Crippen LogP contribution in [-0.4, -0.2) is 49.9 Å². The SMILES string of the molecule is COC(=O)CS(=O)(=O)N1CCCCC1CC(C)=O. The molecule has 1 fully saturated rings. The highest BCUT2D eigenvalue weighted by molar-refractivity contribution is 7.89. The fourth-order valence-corrected chi connectivity index (χ4v) is 3.79. The summed E-state index contributed by atoms with van der Waals surface area (Å²) < 4.78 is 29.8. The summed E-state index contributed by atoms with van der Waals surface area (Å²) in [5.74, 6) is -1.47. The van der Waals surface area contributed by atoms with E-state index in [-0.39, 0.29) is 18.2 Å². The molecule has 7 heteroatoms. The second-order valence-corrected chi connectivity index (χ2v) is 6.42. The predicted octanol–water partition coefficient (Wildman–Crippen LogP) is 0.323. The van der Waals surface area contributed by atoms with Crippen molar-refractivity contribution in [3.05, 3.63) is 0 Å². The Morgan fingerprint density at radius 3 is 2.56 bits per heavy atom. The van der Waals surface area contributed by atoms with Gasteiger partial charge >= 0.3 is 5.97 Å². The first-order valence-electron chi connectivity index (χ1n) is 5.92. The highest BCUT2D eigenvalue weighted by Crippen LogP contribution is 2.23. The number of ether oxygens (including phenoxy) is 1. The van der Waals surface area contributed by atoms with Crippen molar-refractivity contribution in [2.45, 2.75) is 38.6 Å². The number of carbonyl (C=O) groups excluding carboxylic acids is 2. The zero-order valence-corrected chi connectivity index (χ0v) is 11.5. The molecule has 1 unspecified atom stereocenters. The predicted molar refractivity (Wildman–Crippen MR) is 65.4 cm³/mol. The molecule has 0 aromatic carbocycles. The lowest BCUT2D eigenvalue weighted by Crippen LogP contribution is -2.46. The fourth-order valence-electron chi connectivity index (χ4n) is 2.17. The number of Topliss-reactive ketones (excluding diaryl/α,β-unsaturated/α-hetero) is 1. The van der Waals surface area contributed by atoms with Crippen LogP contribution in [0.5, 0.6) is 0 Å². The van der Waals surface area contributed by atoms with Gasteiger partial charge in [-0.15, -0.1) is 0 Å². The number of piperidine rings is 1. The number of ketones is 1. The molecule has 0 N–H and O–H groups in total. The van der Waals surface area contributed by atoms with Crippen molar-refractivity contribution in [2.75, 3.05) is 19.4 Å². The van der Waals surface area contributed by atoms with E-state index in [4.69, 9.17) is 0 Å². The van der Waals surface area contributed by atoms with Crippen molar-refractivity contribution < 1.29 is 22.7 Å². The molecule has 0 bridgehead atoms. The average molecular weight is 277 g/mol. The van der Waals surface area contributed by atoms with Crippen molar-refractivity contribution in [1.29, 1.82) is 0 Å². The summed E-state index contributed by atoms with van der Waals surface area (Å²) in [5, 5.41) is 0. The van der Waals surface area contributed by atoms with E-state index < -0.39 is 21.7 Å². The third kappa shape index (κ3) is 4.06. The average Bonchev–Trinajstić information content (AvgIpc) is 2.28. The summed E-state index contributed by atoms with van der Waals surface area (Å²) in [4.78, 5) is 22.3. The van der Waals surface area contributed by atoms with E-state index >= 15 is 0 Å². The first kappa shape index (κ1) is 15.1. The maximum atomic E-state index is 12.1. The highest BCUT2D eigenvalue weighted by atomic mass is 32.2. The molecule has 0 amide bonds. The molecule has 1 heterocycles. The number of rotatable bonds is 5. The number of hydrogen-bond donors (Lipinski definition) is 0. The summed E-state index contributed by atoms with van der Waals surface area (Å²) in [6, 6.07) is -0.314. The minimum absolute atomic E-state index is 0.0415. The number of nitrogens with zero attached hydrogens (tertiary/aromatic N) is 1. The van der Waals surface area contributed by atoms with E-state index in [0.29, 0.717) is 13.0 Å². The van der Waals surface area contributed by atoms with Crippen LogP contribution >= 0.6 is 0 Å². The number of methoxy groups -OCH3 is 1. The second kappa shape index (κ2) is 6.29. The topological polar surface area (TPSA) is 80.8 Å². The summed E-state index contributed by atoms with van der Waals surface area (Å²) in [5.41, 5.74) is 0. The first-order valence-corrected chi connectivity index (χ1v) is 7.53. The smallest absolute Gasteiger partial charge is 0.322 e. The highest BCUT2D eigenvalue weighted by Gasteiger charge is 2.34. The largest absolute Gasteiger partial charge is 0.468 e. The number of esters is 1. The van der Waals surface area contributed by atoms with Crippen molar-refractivity contribution in [3.8, 4) is 0 Å². The van der Waals surface area contributed by atoms with E-state index in [1.165, 1.54) is 11.2 Å². The Morgan fingerprint density at radius 2 is 2.00 bits per heavy atom. The summed E-state index contributed by atoms with van der Waals surface area (Å²) >= 11 is 0. The van der Waals surface area contributed by atoms with Crippen LogP contribution in [0.3, 0.4) is 0 Å². The minimum atomic E-state index is -3.68. The third-order valence-electron chi connectivity index (χ3n) is 2.98. The van der Waals surface area contributed by atoms with Gasteiger partial charge in [0.2, 0.25) is 10.0 Å². The monoisotopic (exact) mass is 277 g/mol. The Balaban J connectivity index is 2.82. The van der Waals surface area contributed by atoms with E-state index in [9.17, 15) is 18.0 Å².